The Kier molecular flexibility index (Phi) is 8.21. The summed E-state index contributed by atoms with van der Waals surface area (Å²) >= 11 is 5.98. The highest BCUT2D eigenvalue weighted by molar-refractivity contribution is 8.76. The van der Waals surface area contributed by atoms with Crippen LogP contribution >= 0.6 is 33.2 Å². The predicted molar refractivity (Wildman–Crippen MR) is 91.7 cm³/mol. The summed E-state index contributed by atoms with van der Waals surface area (Å²) in [6.07, 6.45) is 0. The fourth-order valence-corrected chi connectivity index (χ4v) is 3.72. The van der Waals surface area contributed by atoms with Crippen LogP contribution in [0.15, 0.2) is 18.2 Å². The molecule has 0 fully saturated rings. The summed E-state index contributed by atoms with van der Waals surface area (Å²) in [5.74, 6) is 1.71. The number of nitrogens with one attached hydrogen (secondary N) is 1. The van der Waals surface area contributed by atoms with Crippen LogP contribution in [-0.4, -0.2) is 49.5 Å². The standard InChI is InChI=1S/C13H20ClN3OS2/c1-17(2)7-9-20-19-8-6-16-13(18)12-10(14)4-3-5-11(12)15/h3-5H,6-9,15H2,1-2H3,(H,16,18). The summed E-state index contributed by atoms with van der Waals surface area (Å²) in [6.45, 7) is 1.66. The van der Waals surface area contributed by atoms with Crippen LogP contribution < -0.4 is 11.1 Å². The third-order valence-corrected chi connectivity index (χ3v) is 5.15. The molecule has 0 aliphatic carbocycles. The Balaban J connectivity index is 2.24. The molecule has 3 N–H and O–H groups in total. The van der Waals surface area contributed by atoms with Crippen molar-refractivity contribution < 1.29 is 4.79 Å². The van der Waals surface area contributed by atoms with Crippen LogP contribution in [0.3, 0.4) is 0 Å². The van der Waals surface area contributed by atoms with Crippen molar-refractivity contribution in [3.05, 3.63) is 28.8 Å². The van der Waals surface area contributed by atoms with Gasteiger partial charge in [-0.15, -0.1) is 0 Å². The molecule has 0 radical (unpaired) electrons. The van der Waals surface area contributed by atoms with Gasteiger partial charge in [-0.2, -0.15) is 0 Å². The van der Waals surface area contributed by atoms with Crippen molar-refractivity contribution in [1.82, 2.24) is 10.2 Å². The molecule has 0 bridgehead atoms. The second-order valence-corrected chi connectivity index (χ2v) is 7.52. The van der Waals surface area contributed by atoms with Crippen LogP contribution in [0.25, 0.3) is 0 Å². The lowest BCUT2D eigenvalue weighted by atomic mass is 10.1. The second kappa shape index (κ2) is 9.39. The first kappa shape index (κ1) is 17.5. The molecule has 0 atom stereocenters. The van der Waals surface area contributed by atoms with Crippen molar-refractivity contribution in [2.75, 3.05) is 44.4 Å². The highest BCUT2D eigenvalue weighted by Crippen LogP contribution is 2.22. The normalized spacial score (nSPS) is 10.8. The number of nitrogens with two attached hydrogens (primary N) is 1. The summed E-state index contributed by atoms with van der Waals surface area (Å²) in [4.78, 5) is 14.1. The Hall–Kier alpha value is -0.560. The van der Waals surface area contributed by atoms with Crippen molar-refractivity contribution in [1.29, 1.82) is 0 Å². The highest BCUT2D eigenvalue weighted by Gasteiger charge is 2.12. The predicted octanol–water partition coefficient (Wildman–Crippen LogP) is 2.59. The van der Waals surface area contributed by atoms with Gasteiger partial charge in [0, 0.05) is 30.3 Å². The molecule has 0 spiro atoms. The number of halogens is 1. The van der Waals surface area contributed by atoms with Gasteiger partial charge in [-0.3, -0.25) is 4.79 Å². The van der Waals surface area contributed by atoms with E-state index in [1.807, 2.05) is 10.8 Å². The Labute approximate surface area is 133 Å². The molecule has 1 aromatic rings. The van der Waals surface area contributed by atoms with E-state index in [0.717, 1.165) is 18.1 Å². The van der Waals surface area contributed by atoms with Crippen molar-refractivity contribution in [2.45, 2.75) is 0 Å². The van der Waals surface area contributed by atoms with Crippen LogP contribution in [0.2, 0.25) is 5.02 Å². The largest absolute Gasteiger partial charge is 0.398 e. The van der Waals surface area contributed by atoms with Gasteiger partial charge >= 0.3 is 0 Å². The fourth-order valence-electron chi connectivity index (χ4n) is 1.41. The molecule has 0 unspecified atom stereocenters. The van der Waals surface area contributed by atoms with Gasteiger partial charge in [-0.05, 0) is 26.2 Å². The third-order valence-electron chi connectivity index (χ3n) is 2.45. The van der Waals surface area contributed by atoms with E-state index in [4.69, 9.17) is 17.3 Å². The molecule has 4 nitrogen and oxygen atoms in total. The number of carbonyl (C=O) groups is 1. The van der Waals surface area contributed by atoms with Gasteiger partial charge in [0.25, 0.3) is 5.91 Å². The Morgan fingerprint density at radius 3 is 2.70 bits per heavy atom. The molecule has 0 heterocycles. The summed E-state index contributed by atoms with van der Waals surface area (Å²) in [5.41, 5.74) is 6.53. The molecular formula is C13H20ClN3OS2. The van der Waals surface area contributed by atoms with Crippen LogP contribution in [0.1, 0.15) is 10.4 Å². The molecule has 1 rings (SSSR count). The lowest BCUT2D eigenvalue weighted by Crippen LogP contribution is -2.26. The number of rotatable bonds is 8. The van der Waals surface area contributed by atoms with E-state index in [9.17, 15) is 4.79 Å². The molecule has 0 aliphatic heterocycles. The maximum atomic E-state index is 12.0. The minimum absolute atomic E-state index is 0.216. The number of carbonyl (C=O) groups excluding carboxylic acids is 1. The zero-order valence-electron chi connectivity index (χ0n) is 11.7. The number of benzene rings is 1. The van der Waals surface area contributed by atoms with Gasteiger partial charge < -0.3 is 16.0 Å². The monoisotopic (exact) mass is 333 g/mol. The van der Waals surface area contributed by atoms with Crippen LogP contribution in [0.5, 0.6) is 0 Å². The quantitative estimate of drug-likeness (QED) is 0.435. The minimum atomic E-state index is -0.216. The van der Waals surface area contributed by atoms with Gasteiger partial charge in [0.1, 0.15) is 0 Å². The first-order valence-electron chi connectivity index (χ1n) is 6.23. The summed E-state index contributed by atoms with van der Waals surface area (Å²) in [5, 5.41) is 3.22. The van der Waals surface area contributed by atoms with Gasteiger partial charge in [-0.25, -0.2) is 0 Å². The molecule has 0 saturated heterocycles. The topological polar surface area (TPSA) is 58.4 Å². The maximum Gasteiger partial charge on any atom is 0.254 e. The second-order valence-electron chi connectivity index (χ2n) is 4.41. The Bertz CT molecular complexity index is 423. The SMILES string of the molecule is CN(C)CCSSCCNC(=O)c1c(N)cccc1Cl. The molecule has 0 aliphatic rings. The Morgan fingerprint density at radius 2 is 2.05 bits per heavy atom. The smallest absolute Gasteiger partial charge is 0.254 e. The minimum Gasteiger partial charge on any atom is -0.398 e. The summed E-state index contributed by atoms with van der Waals surface area (Å²) < 4.78 is 0. The van der Waals surface area contributed by atoms with Crippen molar-refractivity contribution in [2.24, 2.45) is 0 Å². The number of anilines is 1. The summed E-state index contributed by atoms with van der Waals surface area (Å²) in [6, 6.07) is 5.07. The van der Waals surface area contributed by atoms with E-state index in [1.54, 1.807) is 29.0 Å². The van der Waals surface area contributed by atoms with Gasteiger partial charge in [0.2, 0.25) is 0 Å². The average molecular weight is 334 g/mol. The van der Waals surface area contributed by atoms with Crippen LogP contribution in [0.4, 0.5) is 5.69 Å². The van der Waals surface area contributed by atoms with E-state index in [0.29, 0.717) is 22.8 Å². The Morgan fingerprint density at radius 1 is 1.35 bits per heavy atom. The molecule has 20 heavy (non-hydrogen) atoms. The molecule has 7 heteroatoms. The fraction of sp³-hybridized carbons (Fsp3) is 0.462. The first-order chi connectivity index (χ1) is 9.52. The van der Waals surface area contributed by atoms with Crippen molar-refractivity contribution >= 4 is 44.8 Å². The van der Waals surface area contributed by atoms with E-state index in [-0.39, 0.29) is 5.91 Å². The molecule has 0 saturated carbocycles. The number of nitrogen functional groups attached to an aromatic ring is 1. The first-order valence-corrected chi connectivity index (χ1v) is 9.10. The zero-order valence-corrected chi connectivity index (χ0v) is 14.1. The van der Waals surface area contributed by atoms with Crippen LogP contribution in [0, 0.1) is 0 Å². The number of nitrogens with zero attached hydrogens (tertiary/aromatic N) is 1. The molecule has 1 amide bonds. The van der Waals surface area contributed by atoms with Gasteiger partial charge in [-0.1, -0.05) is 39.3 Å². The van der Waals surface area contributed by atoms with Crippen molar-refractivity contribution in [3.8, 4) is 0 Å². The number of amides is 1. The maximum absolute atomic E-state index is 12.0. The lowest BCUT2D eigenvalue weighted by molar-refractivity contribution is 0.0957. The van der Waals surface area contributed by atoms with E-state index >= 15 is 0 Å². The third kappa shape index (κ3) is 6.26. The molecular weight excluding hydrogens is 314 g/mol. The van der Waals surface area contributed by atoms with E-state index in [2.05, 4.69) is 24.3 Å². The van der Waals surface area contributed by atoms with Crippen molar-refractivity contribution in [3.63, 3.8) is 0 Å². The zero-order chi connectivity index (χ0) is 15.0. The highest BCUT2D eigenvalue weighted by atomic mass is 35.5. The lowest BCUT2D eigenvalue weighted by Gasteiger charge is -2.10. The molecule has 1 aromatic carbocycles. The van der Waals surface area contributed by atoms with Crippen LogP contribution in [-0.2, 0) is 0 Å². The number of hydrogen-bond donors (Lipinski definition) is 2. The summed E-state index contributed by atoms with van der Waals surface area (Å²) in [7, 11) is 7.67. The van der Waals surface area contributed by atoms with E-state index < -0.39 is 0 Å². The average Bonchev–Trinajstić information content (AvgIpc) is 2.37. The van der Waals surface area contributed by atoms with Gasteiger partial charge in [0.15, 0.2) is 0 Å². The molecule has 0 aromatic heterocycles. The van der Waals surface area contributed by atoms with E-state index in [1.165, 1.54) is 0 Å². The molecule has 112 valence electrons. The van der Waals surface area contributed by atoms with Gasteiger partial charge in [0.05, 0.1) is 10.6 Å². The number of hydrogen-bond acceptors (Lipinski definition) is 5.